The van der Waals surface area contributed by atoms with Gasteiger partial charge < -0.3 is 14.6 Å². The van der Waals surface area contributed by atoms with Crippen LogP contribution in [0.3, 0.4) is 0 Å². The third-order valence-electron chi connectivity index (χ3n) is 1.05. The fourth-order valence-corrected chi connectivity index (χ4v) is 0.510. The van der Waals surface area contributed by atoms with Crippen LogP contribution in [0, 0.1) is 0 Å². The molecule has 0 saturated carbocycles. The number of aldehydes is 1. The summed E-state index contributed by atoms with van der Waals surface area (Å²) in [4.78, 5) is 20.3. The number of rotatable bonds is 6. The van der Waals surface area contributed by atoms with Crippen molar-refractivity contribution < 1.29 is 19.4 Å². The summed E-state index contributed by atoms with van der Waals surface area (Å²) < 4.78 is 4.83. The number of ether oxygens (including phenoxy) is 1. The van der Waals surface area contributed by atoms with Gasteiger partial charge in [0.05, 0.1) is 6.54 Å². The molecule has 0 bridgehead atoms. The van der Waals surface area contributed by atoms with E-state index in [1.54, 1.807) is 6.92 Å². The first kappa shape index (κ1) is 10.9. The molecule has 0 radical (unpaired) electrons. The fourth-order valence-electron chi connectivity index (χ4n) is 0.510. The van der Waals surface area contributed by atoms with Crippen molar-refractivity contribution in [3.05, 3.63) is 0 Å². The predicted molar refractivity (Wildman–Crippen MR) is 40.4 cm³/mol. The highest BCUT2D eigenvalue weighted by atomic mass is 16.5. The van der Waals surface area contributed by atoms with Gasteiger partial charge in [-0.3, -0.25) is 0 Å². The molecule has 1 amide bonds. The van der Waals surface area contributed by atoms with Gasteiger partial charge in [0.1, 0.15) is 13.0 Å². The van der Waals surface area contributed by atoms with E-state index in [-0.39, 0.29) is 13.3 Å². The van der Waals surface area contributed by atoms with E-state index in [1.807, 2.05) is 0 Å². The van der Waals surface area contributed by atoms with Crippen LogP contribution in [0.4, 0.5) is 4.79 Å². The lowest BCUT2D eigenvalue weighted by molar-refractivity contribution is -0.109. The summed E-state index contributed by atoms with van der Waals surface area (Å²) in [6.45, 7) is 2.15. The Bertz CT molecular complexity index is 150. The molecule has 0 fully saturated rings. The summed E-state index contributed by atoms with van der Waals surface area (Å²) in [5, 5.41) is 9.21. The van der Waals surface area contributed by atoms with Crippen molar-refractivity contribution in [2.24, 2.45) is 0 Å². The smallest absolute Gasteiger partial charge is 0.422 e. The molecule has 0 atom stereocenters. The van der Waals surface area contributed by atoms with Gasteiger partial charge in [0, 0.05) is 6.61 Å². The molecule has 70 valence electrons. The number of hydrogen-bond donors (Lipinski definition) is 2. The first-order valence-corrected chi connectivity index (χ1v) is 3.47. The zero-order valence-corrected chi connectivity index (χ0v) is 6.82. The van der Waals surface area contributed by atoms with Gasteiger partial charge in [0.2, 0.25) is 0 Å². The first-order valence-electron chi connectivity index (χ1n) is 3.47. The van der Waals surface area contributed by atoms with Crippen LogP contribution in [0.25, 0.3) is 0 Å². The summed E-state index contributed by atoms with van der Waals surface area (Å²) in [7, 11) is 0. The molecule has 0 aliphatic rings. The van der Waals surface area contributed by atoms with Crippen molar-refractivity contribution in [1.29, 1.82) is 0 Å². The van der Waals surface area contributed by atoms with Gasteiger partial charge in [-0.1, -0.05) is 0 Å². The third kappa shape index (κ3) is 4.64. The van der Waals surface area contributed by atoms with Gasteiger partial charge in [-0.05, 0) is 6.92 Å². The number of carbonyl (C=O) groups is 2. The molecule has 12 heavy (non-hydrogen) atoms. The third-order valence-corrected chi connectivity index (χ3v) is 1.05. The van der Waals surface area contributed by atoms with E-state index in [0.717, 1.165) is 5.01 Å². The van der Waals surface area contributed by atoms with Crippen molar-refractivity contribution in [2.45, 2.75) is 6.92 Å². The highest BCUT2D eigenvalue weighted by molar-refractivity contribution is 5.68. The summed E-state index contributed by atoms with van der Waals surface area (Å²) in [6, 6.07) is 0. The van der Waals surface area contributed by atoms with Crippen LogP contribution in [0.5, 0.6) is 0 Å². The quantitative estimate of drug-likeness (QED) is 0.250. The molecule has 2 N–H and O–H groups in total. The fraction of sp³-hybridized carbons (Fsp3) is 0.667. The molecule has 6 nitrogen and oxygen atoms in total. The van der Waals surface area contributed by atoms with Gasteiger partial charge in [0.25, 0.3) is 0 Å². The van der Waals surface area contributed by atoms with E-state index < -0.39 is 6.09 Å². The lowest BCUT2D eigenvalue weighted by Gasteiger charge is -2.16. The second-order valence-electron chi connectivity index (χ2n) is 1.86. The molecule has 0 saturated heterocycles. The molecule has 0 aliphatic heterocycles. The maximum Gasteiger partial charge on any atom is 0.422 e. The van der Waals surface area contributed by atoms with Crippen molar-refractivity contribution >= 4 is 12.4 Å². The summed E-state index contributed by atoms with van der Waals surface area (Å²) >= 11 is 0. The second-order valence-corrected chi connectivity index (χ2v) is 1.86. The largest absolute Gasteiger partial charge is 0.464 e. The van der Waals surface area contributed by atoms with E-state index in [1.165, 1.54) is 0 Å². The zero-order valence-electron chi connectivity index (χ0n) is 6.82. The van der Waals surface area contributed by atoms with Gasteiger partial charge in [-0.2, -0.15) is 0 Å². The van der Waals surface area contributed by atoms with Crippen molar-refractivity contribution in [3.8, 4) is 0 Å². The number of hydrogen-bond acceptors (Lipinski definition) is 4. The molecule has 0 aromatic heterocycles. The van der Waals surface area contributed by atoms with Crippen LogP contribution in [0.2, 0.25) is 0 Å². The van der Waals surface area contributed by atoms with Crippen molar-refractivity contribution in [3.63, 3.8) is 0 Å². The highest BCUT2D eigenvalue weighted by Gasteiger charge is 2.08. The number of hydrazine groups is 1. The Kier molecular flexibility index (Phi) is 5.94. The Balaban J connectivity index is 3.63. The molecule has 0 aromatic rings. The van der Waals surface area contributed by atoms with E-state index in [9.17, 15) is 9.59 Å². The van der Waals surface area contributed by atoms with E-state index in [4.69, 9.17) is 9.84 Å². The minimum Gasteiger partial charge on any atom is -0.464 e. The number of carboxylic acid groups (broad SMARTS) is 1. The van der Waals surface area contributed by atoms with Crippen LogP contribution in [0.15, 0.2) is 0 Å². The Hall–Kier alpha value is -1.14. The Labute approximate surface area is 70.1 Å². The maximum atomic E-state index is 10.3. The molecular weight excluding hydrogens is 164 g/mol. The molecule has 0 rings (SSSR count). The molecular formula is C6H12N2O4. The topological polar surface area (TPSA) is 78.9 Å². The Morgan fingerprint density at radius 3 is 2.83 bits per heavy atom. The number of nitrogens with one attached hydrogen (secondary N) is 1. The average Bonchev–Trinajstić information content (AvgIpc) is 2.03. The van der Waals surface area contributed by atoms with E-state index in [2.05, 4.69) is 5.43 Å². The van der Waals surface area contributed by atoms with Crippen LogP contribution in [0.1, 0.15) is 6.92 Å². The lowest BCUT2D eigenvalue weighted by atomic mass is 10.7. The second kappa shape index (κ2) is 6.56. The molecule has 6 heteroatoms. The van der Waals surface area contributed by atoms with Crippen molar-refractivity contribution in [2.75, 3.05) is 19.9 Å². The average molecular weight is 176 g/mol. The number of carbonyl (C=O) groups excluding carboxylic acids is 1. The monoisotopic (exact) mass is 176 g/mol. The molecule has 0 spiro atoms. The molecule has 0 aliphatic carbocycles. The normalized spacial score (nSPS) is 9.42. The molecule has 0 unspecified atom stereocenters. The zero-order chi connectivity index (χ0) is 9.40. The summed E-state index contributed by atoms with van der Waals surface area (Å²) in [5.41, 5.74) is 2.40. The lowest BCUT2D eigenvalue weighted by Crippen LogP contribution is -2.44. The minimum absolute atomic E-state index is 0.0800. The van der Waals surface area contributed by atoms with Crippen molar-refractivity contribution in [1.82, 2.24) is 10.4 Å². The molecule has 0 aromatic carbocycles. The Morgan fingerprint density at radius 1 is 1.75 bits per heavy atom. The van der Waals surface area contributed by atoms with Crippen LogP contribution in [-0.2, 0) is 9.53 Å². The number of nitrogens with zero attached hydrogens (tertiary/aromatic N) is 1. The van der Waals surface area contributed by atoms with Crippen LogP contribution in [-0.4, -0.2) is 42.4 Å². The first-order chi connectivity index (χ1) is 5.72. The Morgan fingerprint density at radius 2 is 2.42 bits per heavy atom. The summed E-state index contributed by atoms with van der Waals surface area (Å²) in [6.07, 6.45) is -0.714. The standard InChI is InChI=1S/C6H12N2O4/c1-2-12-5-7-8(3-4-9)6(10)11/h4,7H,2-3,5H2,1H3,(H,10,11). The predicted octanol–water partition coefficient (Wildman–Crippen LogP) is -0.336. The van der Waals surface area contributed by atoms with Gasteiger partial charge >= 0.3 is 6.09 Å². The van der Waals surface area contributed by atoms with Crippen LogP contribution >= 0.6 is 0 Å². The van der Waals surface area contributed by atoms with E-state index >= 15 is 0 Å². The van der Waals surface area contributed by atoms with Crippen LogP contribution < -0.4 is 5.43 Å². The highest BCUT2D eigenvalue weighted by Crippen LogP contribution is 1.81. The molecule has 0 heterocycles. The SMILES string of the molecule is CCOCNN(CC=O)C(=O)O. The van der Waals surface area contributed by atoms with Gasteiger partial charge in [-0.25, -0.2) is 15.2 Å². The van der Waals surface area contributed by atoms with E-state index in [0.29, 0.717) is 12.9 Å². The maximum absolute atomic E-state index is 10.3. The van der Waals surface area contributed by atoms with Gasteiger partial charge in [-0.15, -0.1) is 0 Å². The minimum atomic E-state index is -1.21. The number of amides is 1. The van der Waals surface area contributed by atoms with Gasteiger partial charge in [0.15, 0.2) is 0 Å². The summed E-state index contributed by atoms with van der Waals surface area (Å²) in [5.74, 6) is 0.